The number of hydrogen-bond acceptors (Lipinski definition) is 3. The summed E-state index contributed by atoms with van der Waals surface area (Å²) in [5.41, 5.74) is 7.40. The maximum atomic E-state index is 6.18. The van der Waals surface area contributed by atoms with Crippen molar-refractivity contribution in [2.75, 3.05) is 0 Å². The fraction of sp³-hybridized carbons (Fsp3) is 0.412. The molecule has 1 heterocycles. The van der Waals surface area contributed by atoms with Crippen LogP contribution in [0.1, 0.15) is 33.3 Å². The van der Waals surface area contributed by atoms with Gasteiger partial charge in [0, 0.05) is 6.54 Å². The third-order valence-corrected chi connectivity index (χ3v) is 4.77. The van der Waals surface area contributed by atoms with Crippen LogP contribution >= 0.6 is 0 Å². The highest BCUT2D eigenvalue weighted by Crippen LogP contribution is 2.37. The van der Waals surface area contributed by atoms with Crippen molar-refractivity contribution in [1.29, 1.82) is 0 Å². The van der Waals surface area contributed by atoms with Crippen molar-refractivity contribution < 1.29 is 9.31 Å². The Morgan fingerprint density at radius 3 is 2.10 bits per heavy atom. The highest BCUT2D eigenvalue weighted by Gasteiger charge is 2.52. The molecule has 1 aliphatic heterocycles. The van der Waals surface area contributed by atoms with Crippen LogP contribution in [0.15, 0.2) is 36.4 Å². The van der Waals surface area contributed by atoms with Gasteiger partial charge >= 0.3 is 7.12 Å². The third-order valence-electron chi connectivity index (χ3n) is 4.77. The van der Waals surface area contributed by atoms with Crippen LogP contribution in [0.5, 0.6) is 0 Å². The van der Waals surface area contributed by atoms with Gasteiger partial charge in [-0.2, -0.15) is 0 Å². The molecule has 1 saturated heterocycles. The average molecular weight is 283 g/mol. The molecule has 0 amide bonds. The Morgan fingerprint density at radius 1 is 0.905 bits per heavy atom. The number of hydrogen-bond donors (Lipinski definition) is 1. The van der Waals surface area contributed by atoms with Crippen molar-refractivity contribution in [2.45, 2.75) is 45.4 Å². The monoisotopic (exact) mass is 283 g/mol. The highest BCUT2D eigenvalue weighted by molar-refractivity contribution is 6.65. The first-order chi connectivity index (χ1) is 9.86. The zero-order chi connectivity index (χ0) is 15.3. The number of rotatable bonds is 2. The molecule has 0 bridgehead atoms. The quantitative estimate of drug-likeness (QED) is 0.862. The van der Waals surface area contributed by atoms with E-state index in [0.29, 0.717) is 6.54 Å². The van der Waals surface area contributed by atoms with Crippen LogP contribution in [0.4, 0.5) is 0 Å². The summed E-state index contributed by atoms with van der Waals surface area (Å²) in [6.07, 6.45) is 0. The van der Waals surface area contributed by atoms with Gasteiger partial charge in [-0.1, -0.05) is 36.4 Å². The second kappa shape index (κ2) is 4.84. The van der Waals surface area contributed by atoms with Crippen LogP contribution in [-0.4, -0.2) is 18.3 Å². The van der Waals surface area contributed by atoms with Gasteiger partial charge in [0.2, 0.25) is 0 Å². The average Bonchev–Trinajstić information content (AvgIpc) is 2.66. The maximum Gasteiger partial charge on any atom is 0.495 e. The van der Waals surface area contributed by atoms with Crippen LogP contribution in [0.3, 0.4) is 0 Å². The van der Waals surface area contributed by atoms with Crippen molar-refractivity contribution >= 4 is 23.4 Å². The Labute approximate surface area is 126 Å². The van der Waals surface area contributed by atoms with Crippen LogP contribution in [0.2, 0.25) is 0 Å². The van der Waals surface area contributed by atoms with Crippen molar-refractivity contribution in [2.24, 2.45) is 5.73 Å². The standard InChI is InChI=1S/C17H22BNO2/c1-16(2)17(3,4)21-18(20-16)15-10-6-8-13-12(11-19)7-5-9-14(13)15/h5-10H,11,19H2,1-4H3. The molecule has 110 valence electrons. The Hall–Kier alpha value is -1.36. The fourth-order valence-corrected chi connectivity index (χ4v) is 2.75. The predicted molar refractivity (Wildman–Crippen MR) is 87.6 cm³/mol. The van der Waals surface area contributed by atoms with E-state index in [1.54, 1.807) is 0 Å². The van der Waals surface area contributed by atoms with Crippen molar-refractivity contribution in [3.05, 3.63) is 42.0 Å². The van der Waals surface area contributed by atoms with Crippen molar-refractivity contribution in [3.63, 3.8) is 0 Å². The molecule has 0 aromatic heterocycles. The minimum Gasteiger partial charge on any atom is -0.399 e. The molecule has 0 aliphatic carbocycles. The van der Waals surface area contributed by atoms with Gasteiger partial charge in [-0.25, -0.2) is 0 Å². The number of benzene rings is 2. The van der Waals surface area contributed by atoms with Crippen molar-refractivity contribution in [3.8, 4) is 0 Å². The van der Waals surface area contributed by atoms with E-state index in [-0.39, 0.29) is 18.3 Å². The lowest BCUT2D eigenvalue weighted by atomic mass is 9.75. The van der Waals surface area contributed by atoms with E-state index in [9.17, 15) is 0 Å². The summed E-state index contributed by atoms with van der Waals surface area (Å²) >= 11 is 0. The summed E-state index contributed by atoms with van der Waals surface area (Å²) in [5.74, 6) is 0. The molecule has 0 saturated carbocycles. The number of nitrogens with two attached hydrogens (primary N) is 1. The first-order valence-electron chi connectivity index (χ1n) is 7.42. The second-order valence-corrected chi connectivity index (χ2v) is 6.65. The van der Waals surface area contributed by atoms with Crippen LogP contribution in [0.25, 0.3) is 10.8 Å². The molecular formula is C17H22BNO2. The fourth-order valence-electron chi connectivity index (χ4n) is 2.75. The van der Waals surface area contributed by atoms with E-state index < -0.39 is 0 Å². The Morgan fingerprint density at radius 2 is 1.48 bits per heavy atom. The Kier molecular flexibility index (Phi) is 3.36. The molecule has 2 aromatic rings. The van der Waals surface area contributed by atoms with E-state index in [4.69, 9.17) is 15.0 Å². The normalized spacial score (nSPS) is 20.1. The van der Waals surface area contributed by atoms with Crippen molar-refractivity contribution in [1.82, 2.24) is 0 Å². The van der Waals surface area contributed by atoms with Crippen LogP contribution < -0.4 is 11.2 Å². The largest absolute Gasteiger partial charge is 0.495 e. The SMILES string of the molecule is CC1(C)OB(c2cccc3c(CN)cccc23)OC1(C)C. The smallest absolute Gasteiger partial charge is 0.399 e. The topological polar surface area (TPSA) is 44.5 Å². The first-order valence-corrected chi connectivity index (χ1v) is 7.42. The molecule has 0 spiro atoms. The van der Waals surface area contributed by atoms with E-state index in [2.05, 4.69) is 52.0 Å². The van der Waals surface area contributed by atoms with Gasteiger partial charge in [0.05, 0.1) is 11.2 Å². The molecule has 0 atom stereocenters. The molecular weight excluding hydrogens is 261 g/mol. The summed E-state index contributed by atoms with van der Waals surface area (Å²) < 4.78 is 12.4. The summed E-state index contributed by atoms with van der Waals surface area (Å²) in [5, 5.41) is 2.33. The molecule has 0 radical (unpaired) electrons. The zero-order valence-electron chi connectivity index (χ0n) is 13.1. The van der Waals surface area contributed by atoms with Gasteiger partial charge in [-0.05, 0) is 49.5 Å². The molecule has 4 heteroatoms. The molecule has 1 fully saturated rings. The molecule has 1 aliphatic rings. The van der Waals surface area contributed by atoms with Gasteiger partial charge < -0.3 is 15.0 Å². The molecule has 3 rings (SSSR count). The summed E-state index contributed by atoms with van der Waals surface area (Å²) in [6, 6.07) is 12.4. The van der Waals surface area contributed by atoms with Gasteiger partial charge in [0.15, 0.2) is 0 Å². The van der Waals surface area contributed by atoms with Crippen LogP contribution in [0, 0.1) is 0 Å². The zero-order valence-corrected chi connectivity index (χ0v) is 13.1. The third kappa shape index (κ3) is 2.28. The van der Waals surface area contributed by atoms with E-state index in [0.717, 1.165) is 16.4 Å². The van der Waals surface area contributed by atoms with Gasteiger partial charge in [-0.3, -0.25) is 0 Å². The van der Waals surface area contributed by atoms with Gasteiger partial charge in [-0.15, -0.1) is 0 Å². The Bertz CT molecular complexity index is 666. The predicted octanol–water partition coefficient (Wildman–Crippen LogP) is 2.60. The van der Waals surface area contributed by atoms with Crippen LogP contribution in [-0.2, 0) is 15.9 Å². The lowest BCUT2D eigenvalue weighted by Gasteiger charge is -2.32. The summed E-state index contributed by atoms with van der Waals surface area (Å²) in [4.78, 5) is 0. The molecule has 2 aromatic carbocycles. The molecule has 2 N–H and O–H groups in total. The van der Waals surface area contributed by atoms with Gasteiger partial charge in [0.1, 0.15) is 0 Å². The Balaban J connectivity index is 2.11. The summed E-state index contributed by atoms with van der Waals surface area (Å²) in [7, 11) is -0.341. The molecule has 0 unspecified atom stereocenters. The van der Waals surface area contributed by atoms with E-state index >= 15 is 0 Å². The first kappa shape index (κ1) is 14.6. The lowest BCUT2D eigenvalue weighted by Crippen LogP contribution is -2.41. The summed E-state index contributed by atoms with van der Waals surface area (Å²) in [6.45, 7) is 8.82. The second-order valence-electron chi connectivity index (χ2n) is 6.65. The number of fused-ring (bicyclic) bond motifs is 1. The van der Waals surface area contributed by atoms with E-state index in [1.165, 1.54) is 5.39 Å². The minimum absolute atomic E-state index is 0.328. The minimum atomic E-state index is -0.341. The van der Waals surface area contributed by atoms with Gasteiger partial charge in [0.25, 0.3) is 0 Å². The molecule has 3 nitrogen and oxygen atoms in total. The lowest BCUT2D eigenvalue weighted by molar-refractivity contribution is 0.00578. The van der Waals surface area contributed by atoms with E-state index in [1.807, 2.05) is 12.1 Å². The highest BCUT2D eigenvalue weighted by atomic mass is 16.7. The maximum absolute atomic E-state index is 6.18. The molecule has 21 heavy (non-hydrogen) atoms.